The lowest BCUT2D eigenvalue weighted by atomic mass is 10.0. The first kappa shape index (κ1) is 17.3. The Bertz CT molecular complexity index is 1270. The van der Waals surface area contributed by atoms with Gasteiger partial charge in [0.05, 0.1) is 28.8 Å². The van der Waals surface area contributed by atoms with E-state index in [2.05, 4.69) is 36.9 Å². The molecule has 5 heterocycles. The Morgan fingerprint density at radius 2 is 1.83 bits per heavy atom. The Morgan fingerprint density at radius 3 is 2.80 bits per heavy atom. The summed E-state index contributed by atoms with van der Waals surface area (Å²) in [6, 6.07) is 11.0. The van der Waals surface area contributed by atoms with Gasteiger partial charge in [-0.25, -0.2) is 14.4 Å². The molecule has 0 atom stereocenters. The average molecular weight is 398 g/mol. The van der Waals surface area contributed by atoms with E-state index in [1.807, 2.05) is 18.5 Å². The Hall–Kier alpha value is -3.61. The highest BCUT2D eigenvalue weighted by molar-refractivity contribution is 5.89. The summed E-state index contributed by atoms with van der Waals surface area (Å²) in [6.45, 7) is 2.39. The van der Waals surface area contributed by atoms with E-state index in [1.165, 1.54) is 17.7 Å². The van der Waals surface area contributed by atoms with Crippen molar-refractivity contribution in [3.05, 3.63) is 77.9 Å². The highest BCUT2D eigenvalue weighted by Crippen LogP contribution is 2.35. The number of pyridine rings is 2. The molecule has 0 unspecified atom stereocenters. The molecule has 0 radical (unpaired) electrons. The van der Waals surface area contributed by atoms with E-state index in [4.69, 9.17) is 4.98 Å². The van der Waals surface area contributed by atoms with Crippen molar-refractivity contribution >= 4 is 28.1 Å². The predicted molar refractivity (Wildman–Crippen MR) is 113 cm³/mol. The quantitative estimate of drug-likeness (QED) is 0.512. The SMILES string of the molecule is Fc1ccc2ncnc(N3CCc4ncc(N5CCc6ncccc65)cc4C3)c2c1. The van der Waals surface area contributed by atoms with Crippen LogP contribution in [-0.4, -0.2) is 33.0 Å². The van der Waals surface area contributed by atoms with Crippen LogP contribution in [-0.2, 0) is 19.4 Å². The van der Waals surface area contributed by atoms with Crippen molar-refractivity contribution in [2.75, 3.05) is 22.9 Å². The molecule has 0 saturated carbocycles. The summed E-state index contributed by atoms with van der Waals surface area (Å²) in [6.07, 6.45) is 7.13. The summed E-state index contributed by atoms with van der Waals surface area (Å²) in [5, 5.41) is 0.740. The topological polar surface area (TPSA) is 58.0 Å². The Balaban J connectivity index is 1.36. The van der Waals surface area contributed by atoms with Crippen molar-refractivity contribution in [3.63, 3.8) is 0 Å². The molecule has 0 amide bonds. The lowest BCUT2D eigenvalue weighted by molar-refractivity contribution is 0.629. The highest BCUT2D eigenvalue weighted by atomic mass is 19.1. The minimum absolute atomic E-state index is 0.277. The molecule has 0 fully saturated rings. The van der Waals surface area contributed by atoms with Gasteiger partial charge in [-0.2, -0.15) is 0 Å². The standard InChI is InChI=1S/C23H19FN6/c24-16-3-4-20-18(11-16)23(28-14-27-20)29-8-5-19-15(13-29)10-17(12-26-19)30-9-6-21-22(30)2-1-7-25-21/h1-4,7,10-12,14H,5-6,8-9,13H2. The molecule has 0 bridgehead atoms. The summed E-state index contributed by atoms with van der Waals surface area (Å²) in [5.74, 6) is 0.493. The monoisotopic (exact) mass is 398 g/mol. The minimum Gasteiger partial charge on any atom is -0.351 e. The molecular formula is C23H19FN6. The van der Waals surface area contributed by atoms with Gasteiger partial charge in [-0.15, -0.1) is 0 Å². The van der Waals surface area contributed by atoms with Crippen molar-refractivity contribution in [3.8, 4) is 0 Å². The summed E-state index contributed by atoms with van der Waals surface area (Å²) in [5.41, 5.74) is 6.42. The van der Waals surface area contributed by atoms with Gasteiger partial charge in [0, 0.05) is 49.8 Å². The van der Waals surface area contributed by atoms with Crippen LogP contribution in [0.1, 0.15) is 17.0 Å². The maximum absolute atomic E-state index is 13.9. The number of benzene rings is 1. The van der Waals surface area contributed by atoms with Crippen molar-refractivity contribution in [2.45, 2.75) is 19.4 Å². The Kier molecular flexibility index (Phi) is 3.87. The third kappa shape index (κ3) is 2.77. The molecule has 0 aliphatic carbocycles. The van der Waals surface area contributed by atoms with Gasteiger partial charge in [-0.05, 0) is 42.0 Å². The molecule has 148 valence electrons. The number of hydrogen-bond acceptors (Lipinski definition) is 6. The van der Waals surface area contributed by atoms with E-state index in [0.29, 0.717) is 6.54 Å². The number of anilines is 3. The fraction of sp³-hybridized carbons (Fsp3) is 0.217. The number of nitrogens with zero attached hydrogens (tertiary/aromatic N) is 6. The van der Waals surface area contributed by atoms with Crippen LogP contribution in [0.25, 0.3) is 10.9 Å². The second kappa shape index (κ2) is 6.73. The van der Waals surface area contributed by atoms with E-state index in [0.717, 1.165) is 65.4 Å². The molecule has 4 aromatic rings. The van der Waals surface area contributed by atoms with Gasteiger partial charge in [0.15, 0.2) is 0 Å². The molecule has 1 aromatic carbocycles. The van der Waals surface area contributed by atoms with Crippen LogP contribution in [0, 0.1) is 5.82 Å². The number of rotatable bonds is 2. The molecule has 3 aromatic heterocycles. The van der Waals surface area contributed by atoms with Crippen LogP contribution in [0.4, 0.5) is 21.6 Å². The minimum atomic E-state index is -0.277. The number of hydrogen-bond donors (Lipinski definition) is 0. The number of halogens is 1. The molecule has 2 aliphatic rings. The molecule has 0 spiro atoms. The Labute approximate surface area is 173 Å². The molecule has 6 nitrogen and oxygen atoms in total. The number of fused-ring (bicyclic) bond motifs is 3. The van der Waals surface area contributed by atoms with Gasteiger partial charge in [0.1, 0.15) is 18.0 Å². The molecule has 0 saturated heterocycles. The van der Waals surface area contributed by atoms with Gasteiger partial charge >= 0.3 is 0 Å². The zero-order valence-electron chi connectivity index (χ0n) is 16.3. The lowest BCUT2D eigenvalue weighted by Gasteiger charge is -2.31. The number of aromatic nitrogens is 4. The van der Waals surface area contributed by atoms with Gasteiger partial charge in [0.2, 0.25) is 0 Å². The van der Waals surface area contributed by atoms with Crippen LogP contribution in [0.3, 0.4) is 0 Å². The molecule has 0 N–H and O–H groups in total. The van der Waals surface area contributed by atoms with Crippen LogP contribution >= 0.6 is 0 Å². The molecule has 6 rings (SSSR count). The van der Waals surface area contributed by atoms with Crippen molar-refractivity contribution < 1.29 is 4.39 Å². The highest BCUT2D eigenvalue weighted by Gasteiger charge is 2.25. The maximum Gasteiger partial charge on any atom is 0.140 e. The molecular weight excluding hydrogens is 379 g/mol. The van der Waals surface area contributed by atoms with Crippen LogP contribution < -0.4 is 9.80 Å². The summed E-state index contributed by atoms with van der Waals surface area (Å²) in [7, 11) is 0. The van der Waals surface area contributed by atoms with Gasteiger partial charge in [-0.1, -0.05) is 0 Å². The average Bonchev–Trinajstić information content (AvgIpc) is 3.22. The third-order valence-electron chi connectivity index (χ3n) is 5.94. The Morgan fingerprint density at radius 1 is 0.900 bits per heavy atom. The first-order chi connectivity index (χ1) is 14.8. The van der Waals surface area contributed by atoms with E-state index in [-0.39, 0.29) is 5.82 Å². The second-order valence-corrected chi connectivity index (χ2v) is 7.70. The fourth-order valence-corrected chi connectivity index (χ4v) is 4.48. The van der Waals surface area contributed by atoms with Gasteiger partial charge in [-0.3, -0.25) is 9.97 Å². The van der Waals surface area contributed by atoms with E-state index in [1.54, 1.807) is 12.4 Å². The third-order valence-corrected chi connectivity index (χ3v) is 5.94. The molecule has 2 aliphatic heterocycles. The van der Waals surface area contributed by atoms with E-state index < -0.39 is 0 Å². The first-order valence-corrected chi connectivity index (χ1v) is 10.1. The zero-order chi connectivity index (χ0) is 20.1. The lowest BCUT2D eigenvalue weighted by Crippen LogP contribution is -2.32. The van der Waals surface area contributed by atoms with Gasteiger partial charge in [0.25, 0.3) is 0 Å². The maximum atomic E-state index is 13.9. The predicted octanol–water partition coefficient (Wildman–Crippen LogP) is 3.82. The fourth-order valence-electron chi connectivity index (χ4n) is 4.48. The van der Waals surface area contributed by atoms with Crippen LogP contribution in [0.5, 0.6) is 0 Å². The smallest absolute Gasteiger partial charge is 0.140 e. The van der Waals surface area contributed by atoms with E-state index in [9.17, 15) is 4.39 Å². The van der Waals surface area contributed by atoms with Crippen LogP contribution in [0.2, 0.25) is 0 Å². The largest absolute Gasteiger partial charge is 0.351 e. The second-order valence-electron chi connectivity index (χ2n) is 7.70. The zero-order valence-corrected chi connectivity index (χ0v) is 16.3. The van der Waals surface area contributed by atoms with Crippen molar-refractivity contribution in [1.29, 1.82) is 0 Å². The summed E-state index contributed by atoms with van der Waals surface area (Å²) >= 11 is 0. The van der Waals surface area contributed by atoms with E-state index >= 15 is 0 Å². The molecule has 30 heavy (non-hydrogen) atoms. The van der Waals surface area contributed by atoms with Crippen molar-refractivity contribution in [1.82, 2.24) is 19.9 Å². The van der Waals surface area contributed by atoms with Gasteiger partial charge < -0.3 is 9.80 Å². The van der Waals surface area contributed by atoms with Crippen LogP contribution in [0.15, 0.2) is 55.1 Å². The molecule has 7 heteroatoms. The summed E-state index contributed by atoms with van der Waals surface area (Å²) in [4.78, 5) is 22.5. The van der Waals surface area contributed by atoms with Crippen molar-refractivity contribution in [2.24, 2.45) is 0 Å². The summed E-state index contributed by atoms with van der Waals surface area (Å²) < 4.78 is 13.9. The first-order valence-electron chi connectivity index (χ1n) is 10.1. The normalized spacial score (nSPS) is 15.4.